The predicted molar refractivity (Wildman–Crippen MR) is 283 cm³/mol. The molecular formula is C56H74Cl6Si2Zr3. The number of hydrogen-bond acceptors (Lipinski definition) is 0. The Morgan fingerprint density at radius 1 is 0.418 bits per heavy atom. The van der Waals surface area contributed by atoms with E-state index < -0.39 is 0 Å². The summed E-state index contributed by atoms with van der Waals surface area (Å²) in [6.45, 7) is 35.6. The van der Waals surface area contributed by atoms with Gasteiger partial charge in [0.25, 0.3) is 0 Å². The topological polar surface area (TPSA) is 0 Å². The number of hydrogen-bond donors (Lipinski definition) is 0. The summed E-state index contributed by atoms with van der Waals surface area (Å²) >= 11 is 3.48. The molecule has 8 aromatic rings. The zero-order valence-electron chi connectivity index (χ0n) is 42.8. The molecule has 360 valence electrons. The van der Waals surface area contributed by atoms with Gasteiger partial charge in [-0.05, 0) is 38.5 Å². The molecule has 0 amide bonds. The van der Waals surface area contributed by atoms with Crippen molar-refractivity contribution in [3.63, 3.8) is 0 Å². The molecule has 0 radical (unpaired) electrons. The van der Waals surface area contributed by atoms with Crippen LogP contribution in [0.15, 0.2) is 109 Å². The van der Waals surface area contributed by atoms with E-state index in [-0.39, 0.29) is 112 Å². The maximum Gasteiger partial charge on any atom is 4.00 e. The Morgan fingerprint density at radius 3 is 0.955 bits per heavy atom. The molecule has 0 nitrogen and oxygen atoms in total. The minimum Gasteiger partial charge on any atom is -1.00 e. The van der Waals surface area contributed by atoms with Crippen LogP contribution in [0.25, 0.3) is 43.1 Å². The number of aryl methyl sites for hydroxylation is 8. The van der Waals surface area contributed by atoms with Crippen LogP contribution in [0.1, 0.15) is 83.3 Å². The van der Waals surface area contributed by atoms with Gasteiger partial charge in [-0.15, -0.1) is 174 Å². The molecule has 8 rings (SSSR count). The Kier molecular flexibility index (Phi) is 42.9. The second-order valence-corrected chi connectivity index (χ2v) is 37.1. The summed E-state index contributed by atoms with van der Waals surface area (Å²) in [4.78, 5) is 0. The van der Waals surface area contributed by atoms with Crippen LogP contribution < -0.4 is 49.6 Å². The average Bonchev–Trinajstić information content (AvgIpc) is 3.92. The van der Waals surface area contributed by atoms with E-state index in [1.165, 1.54) is 112 Å². The largest absolute Gasteiger partial charge is 4.00 e. The van der Waals surface area contributed by atoms with Gasteiger partial charge in [0.15, 0.2) is 0 Å². The summed E-state index contributed by atoms with van der Waals surface area (Å²) in [6.07, 6.45) is 2.36. The van der Waals surface area contributed by atoms with Gasteiger partial charge >= 0.3 is 110 Å². The molecule has 0 atom stereocenters. The SMILES string of the molecule is C[Si](C)=[Zr+2].C[Si](C)=[Zr+2].Cc1cc2c(C)ccc(C)c2[cH-]1.Cc1cc2c(C)ccc(C)c2[cH-]1.Cc1cc2cc(CC(C)C)ccc2[cH-]1.Cc1cc2cc(CC(C)C)ccc2[cH-]1.Cl.Cl.[Cl-].[Cl-].[Cl-].[Cl-].[Zr+4]. The molecule has 0 bridgehead atoms. The number of halogens is 6. The van der Waals surface area contributed by atoms with E-state index in [9.17, 15) is 0 Å². The molecule has 8 aromatic carbocycles. The van der Waals surface area contributed by atoms with Crippen molar-refractivity contribution in [2.75, 3.05) is 0 Å². The summed E-state index contributed by atoms with van der Waals surface area (Å²) in [7, 11) is 0. The monoisotopic (exact) mass is 1280 g/mol. The molecule has 11 heteroatoms. The van der Waals surface area contributed by atoms with E-state index in [4.69, 9.17) is 0 Å². The summed E-state index contributed by atoms with van der Waals surface area (Å²) in [5.41, 5.74) is 14.3. The smallest absolute Gasteiger partial charge is 1.00 e. The summed E-state index contributed by atoms with van der Waals surface area (Å²) in [5, 5.41) is 11.2. The maximum atomic E-state index is 2.32. The fourth-order valence-electron chi connectivity index (χ4n) is 7.49. The molecule has 0 heterocycles. The van der Waals surface area contributed by atoms with E-state index in [2.05, 4.69) is 218 Å². The Hall–Kier alpha value is 0.143. The van der Waals surface area contributed by atoms with Crippen LogP contribution in [0.2, 0.25) is 26.2 Å². The van der Waals surface area contributed by atoms with Gasteiger partial charge in [0, 0.05) is 0 Å². The molecular weight excluding hydrogens is 1220 g/mol. The standard InChI is InChI=1S/2C14H17.2C12H13.2C2H6Si.6ClH.3Zr/c2*1-10(2)6-12-4-5-13-7-11(3)8-14(13)9-12;2*1-8-6-11-9(2)4-5-10(3)12(11)7-8;2*1-3-2;;;;;;;;;/h2*4-5,7-10H,6H2,1-3H3;2*4-7H,1-3H3;2*1-2H3;6*1H;;;/q4*-1;;;;;;;;;2*+2;+4/p-4. The molecule has 0 N–H and O–H groups in total. The van der Waals surface area contributed by atoms with Crippen LogP contribution in [0.4, 0.5) is 0 Å². The first-order valence-corrected chi connectivity index (χ1v) is 34.1. The van der Waals surface area contributed by atoms with Crippen molar-refractivity contribution < 1.29 is 123 Å². The van der Waals surface area contributed by atoms with E-state index in [1.54, 1.807) is 46.7 Å². The molecule has 0 spiro atoms. The first-order chi connectivity index (χ1) is 28.1. The second kappa shape index (κ2) is 37.8. The van der Waals surface area contributed by atoms with Crippen molar-refractivity contribution in [2.24, 2.45) is 11.8 Å². The van der Waals surface area contributed by atoms with Crippen LogP contribution in [0.5, 0.6) is 0 Å². The average molecular weight is 1290 g/mol. The quantitative estimate of drug-likeness (QED) is 0.161. The van der Waals surface area contributed by atoms with Gasteiger partial charge in [0.2, 0.25) is 0 Å². The van der Waals surface area contributed by atoms with E-state index in [1.807, 2.05) is 0 Å². The van der Waals surface area contributed by atoms with Crippen molar-refractivity contribution in [3.8, 4) is 0 Å². The van der Waals surface area contributed by atoms with Crippen LogP contribution in [-0.2, 0) is 85.7 Å². The van der Waals surface area contributed by atoms with Crippen LogP contribution in [-0.4, -0.2) is 10.9 Å². The Balaban J connectivity index is -0.000000234. The number of rotatable bonds is 4. The van der Waals surface area contributed by atoms with E-state index in [0.29, 0.717) is 0 Å². The first-order valence-electron chi connectivity index (χ1n) is 21.7. The molecule has 0 aromatic heterocycles. The zero-order chi connectivity index (χ0) is 44.8. The molecule has 0 aliphatic heterocycles. The van der Waals surface area contributed by atoms with Crippen LogP contribution in [0, 0.1) is 67.2 Å². The third-order valence-corrected chi connectivity index (χ3v) is 10.1. The molecule has 0 saturated carbocycles. The minimum atomic E-state index is 0. The Labute approximate surface area is 494 Å². The van der Waals surface area contributed by atoms with Gasteiger partial charge in [-0.1, -0.05) is 104 Å². The molecule has 67 heavy (non-hydrogen) atoms. The third-order valence-electron chi connectivity index (χ3n) is 10.1. The fraction of sp³-hybridized carbons (Fsp3) is 0.357. The van der Waals surface area contributed by atoms with Crippen molar-refractivity contribution in [3.05, 3.63) is 165 Å². The third kappa shape index (κ3) is 27.1. The normalized spacial score (nSPS) is 9.52. The number of benzene rings is 4. The fourth-order valence-corrected chi connectivity index (χ4v) is 7.49. The van der Waals surface area contributed by atoms with Crippen LogP contribution >= 0.6 is 24.8 Å². The van der Waals surface area contributed by atoms with Gasteiger partial charge in [-0.2, -0.15) is 24.3 Å². The van der Waals surface area contributed by atoms with Gasteiger partial charge in [-0.25, -0.2) is 0 Å². The molecule has 0 aliphatic rings. The molecule has 0 unspecified atom stereocenters. The van der Waals surface area contributed by atoms with Crippen LogP contribution in [0.3, 0.4) is 0 Å². The predicted octanol–water partition coefficient (Wildman–Crippen LogP) is 5.52. The van der Waals surface area contributed by atoms with E-state index in [0.717, 1.165) is 11.8 Å². The molecule has 0 aliphatic carbocycles. The van der Waals surface area contributed by atoms with Crippen molar-refractivity contribution in [1.82, 2.24) is 0 Å². The Bertz CT molecular complexity index is 2380. The molecule has 0 saturated heterocycles. The summed E-state index contributed by atoms with van der Waals surface area (Å²) in [5.74, 6) is 1.48. The van der Waals surface area contributed by atoms with E-state index >= 15 is 0 Å². The van der Waals surface area contributed by atoms with Gasteiger partial charge < -0.3 is 49.6 Å². The van der Waals surface area contributed by atoms with Gasteiger partial charge in [0.05, 0.1) is 0 Å². The van der Waals surface area contributed by atoms with Crippen molar-refractivity contribution >= 4 is 78.8 Å². The summed E-state index contributed by atoms with van der Waals surface area (Å²) < 4.78 is 0. The molecule has 0 fully saturated rings. The van der Waals surface area contributed by atoms with Gasteiger partial charge in [0.1, 0.15) is 0 Å². The van der Waals surface area contributed by atoms with Crippen molar-refractivity contribution in [2.45, 2.75) is 122 Å². The number of fused-ring (bicyclic) bond motifs is 4. The first kappa shape index (κ1) is 76.1. The zero-order valence-corrected chi connectivity index (χ0v) is 56.8. The maximum absolute atomic E-state index is 2.32. The van der Waals surface area contributed by atoms with Crippen molar-refractivity contribution in [1.29, 1.82) is 0 Å². The summed E-state index contributed by atoms with van der Waals surface area (Å²) in [6, 6.07) is 40.4. The minimum absolute atomic E-state index is 0. The van der Waals surface area contributed by atoms with Gasteiger partial charge in [-0.3, -0.25) is 0 Å². The second-order valence-electron chi connectivity index (χ2n) is 18.3. The Morgan fingerprint density at radius 2 is 0.687 bits per heavy atom.